The van der Waals surface area contributed by atoms with Crippen molar-refractivity contribution < 1.29 is 0 Å². The summed E-state index contributed by atoms with van der Waals surface area (Å²) in [7, 11) is 0. The molecule has 0 atom stereocenters. The van der Waals surface area contributed by atoms with Crippen LogP contribution in [-0.4, -0.2) is 0 Å². The Morgan fingerprint density at radius 3 is 2.00 bits per heavy atom. The number of unbranched alkanes of at least 4 members (excludes halogenated alkanes) is 8. The van der Waals surface area contributed by atoms with Gasteiger partial charge in [-0.1, -0.05) is 61.5 Å². The average Bonchev–Trinajstić information content (AvgIpc) is 2.40. The minimum Gasteiger partial charge on any atom is -0.103 e. The van der Waals surface area contributed by atoms with Crippen LogP contribution in [0.2, 0.25) is 0 Å². The van der Waals surface area contributed by atoms with Crippen LogP contribution >= 0.6 is 0 Å². The van der Waals surface area contributed by atoms with Gasteiger partial charge in [-0.05, 0) is 59.3 Å². The fourth-order valence-corrected chi connectivity index (χ4v) is 2.21. The van der Waals surface area contributed by atoms with E-state index in [1.54, 1.807) is 0 Å². The zero-order chi connectivity index (χ0) is 15.1. The van der Waals surface area contributed by atoms with Crippen LogP contribution in [0.3, 0.4) is 0 Å². The molecule has 1 radical (unpaired) electrons. The molecule has 0 aliphatic rings. The summed E-state index contributed by atoms with van der Waals surface area (Å²) in [4.78, 5) is 0. The van der Waals surface area contributed by atoms with Gasteiger partial charge in [0.1, 0.15) is 0 Å². The van der Waals surface area contributed by atoms with E-state index in [9.17, 15) is 0 Å². The molecule has 0 heteroatoms. The van der Waals surface area contributed by atoms with Crippen molar-refractivity contribution in [2.24, 2.45) is 0 Å². The standard InChI is InChI=1S/C20H35/c1-5-6-7-8-9-10-11-12-13-14-17-20(4)18-15-16-19(2)3/h5,14,16-17H,1,6-13,15,18H2,2-4H3. The molecule has 0 aromatic heterocycles. The van der Waals surface area contributed by atoms with Gasteiger partial charge in [-0.25, -0.2) is 0 Å². The Morgan fingerprint density at radius 1 is 0.800 bits per heavy atom. The molecule has 0 aromatic rings. The number of rotatable bonds is 13. The number of hydrogen-bond donors (Lipinski definition) is 0. The van der Waals surface area contributed by atoms with E-state index in [1.165, 1.54) is 75.4 Å². The van der Waals surface area contributed by atoms with Crippen LogP contribution in [0, 0.1) is 6.42 Å². The van der Waals surface area contributed by atoms with Crippen molar-refractivity contribution in [3.8, 4) is 0 Å². The predicted octanol–water partition coefficient (Wildman–Crippen LogP) is 7.19. The van der Waals surface area contributed by atoms with Crippen molar-refractivity contribution in [2.45, 2.75) is 85.0 Å². The van der Waals surface area contributed by atoms with E-state index in [-0.39, 0.29) is 0 Å². The van der Waals surface area contributed by atoms with E-state index in [4.69, 9.17) is 0 Å². The van der Waals surface area contributed by atoms with Crippen LogP contribution in [0.15, 0.2) is 36.0 Å². The molecular weight excluding hydrogens is 240 g/mol. The van der Waals surface area contributed by atoms with Crippen LogP contribution in [-0.2, 0) is 0 Å². The second-order valence-corrected chi connectivity index (χ2v) is 6.06. The van der Waals surface area contributed by atoms with Crippen molar-refractivity contribution in [3.63, 3.8) is 0 Å². The van der Waals surface area contributed by atoms with Crippen molar-refractivity contribution in [3.05, 3.63) is 42.4 Å². The quantitative estimate of drug-likeness (QED) is 0.246. The Morgan fingerprint density at radius 2 is 1.40 bits per heavy atom. The van der Waals surface area contributed by atoms with E-state index in [2.05, 4.69) is 45.9 Å². The van der Waals surface area contributed by atoms with Crippen molar-refractivity contribution >= 4 is 0 Å². The minimum atomic E-state index is 1.18. The zero-order valence-electron chi connectivity index (χ0n) is 14.1. The molecule has 0 fully saturated rings. The normalized spacial score (nSPS) is 11.4. The van der Waals surface area contributed by atoms with E-state index >= 15 is 0 Å². The van der Waals surface area contributed by atoms with Gasteiger partial charge >= 0.3 is 0 Å². The molecule has 0 rings (SSSR count). The smallest absolute Gasteiger partial charge is 0.0168 e. The van der Waals surface area contributed by atoms with E-state index < -0.39 is 0 Å². The summed E-state index contributed by atoms with van der Waals surface area (Å²) in [5, 5.41) is 0. The van der Waals surface area contributed by atoms with Crippen molar-refractivity contribution in [1.82, 2.24) is 0 Å². The molecule has 0 aromatic carbocycles. The van der Waals surface area contributed by atoms with Gasteiger partial charge in [0.15, 0.2) is 0 Å². The van der Waals surface area contributed by atoms with E-state index in [0.29, 0.717) is 0 Å². The molecule has 0 heterocycles. The Hall–Kier alpha value is -0.780. The zero-order valence-corrected chi connectivity index (χ0v) is 14.1. The maximum atomic E-state index is 3.76. The first kappa shape index (κ1) is 19.2. The molecule has 0 saturated carbocycles. The lowest BCUT2D eigenvalue weighted by atomic mass is 10.1. The molecule has 0 spiro atoms. The van der Waals surface area contributed by atoms with E-state index in [0.717, 1.165) is 0 Å². The lowest BCUT2D eigenvalue weighted by Gasteiger charge is -2.01. The summed E-state index contributed by atoms with van der Waals surface area (Å²) in [5.74, 6) is 0. The van der Waals surface area contributed by atoms with E-state index in [1.807, 2.05) is 6.08 Å². The Bertz CT molecular complexity index is 276. The van der Waals surface area contributed by atoms with Crippen LogP contribution in [0.1, 0.15) is 85.0 Å². The van der Waals surface area contributed by atoms with Crippen molar-refractivity contribution in [2.75, 3.05) is 0 Å². The first-order valence-corrected chi connectivity index (χ1v) is 8.40. The Balaban J connectivity index is 3.33. The van der Waals surface area contributed by atoms with Crippen LogP contribution in [0.25, 0.3) is 0 Å². The van der Waals surface area contributed by atoms with Gasteiger partial charge in [0.25, 0.3) is 0 Å². The molecule has 0 amide bonds. The second kappa shape index (κ2) is 14.6. The van der Waals surface area contributed by atoms with Gasteiger partial charge in [-0.3, -0.25) is 0 Å². The summed E-state index contributed by atoms with van der Waals surface area (Å²) < 4.78 is 0. The third-order valence-electron chi connectivity index (χ3n) is 3.52. The van der Waals surface area contributed by atoms with Gasteiger partial charge < -0.3 is 0 Å². The summed E-state index contributed by atoms with van der Waals surface area (Å²) in [6.45, 7) is 10.3. The molecule has 0 aliphatic heterocycles. The van der Waals surface area contributed by atoms with Gasteiger partial charge in [0.05, 0.1) is 0 Å². The largest absolute Gasteiger partial charge is 0.103 e. The van der Waals surface area contributed by atoms with Gasteiger partial charge in [-0.2, -0.15) is 0 Å². The summed E-state index contributed by atoms with van der Waals surface area (Å²) in [6, 6.07) is 0. The molecular formula is C20H35. The highest BCUT2D eigenvalue weighted by molar-refractivity contribution is 5.07. The lowest BCUT2D eigenvalue weighted by molar-refractivity contribution is 0.597. The molecule has 0 N–H and O–H groups in total. The number of allylic oxidation sites excluding steroid dienone is 5. The Labute approximate surface area is 128 Å². The first-order valence-electron chi connectivity index (χ1n) is 8.40. The molecule has 0 saturated heterocycles. The fourth-order valence-electron chi connectivity index (χ4n) is 2.21. The molecule has 115 valence electrons. The predicted molar refractivity (Wildman–Crippen MR) is 93.9 cm³/mol. The van der Waals surface area contributed by atoms with Gasteiger partial charge in [-0.15, -0.1) is 6.58 Å². The first-order chi connectivity index (χ1) is 9.66. The van der Waals surface area contributed by atoms with Gasteiger partial charge in [0, 0.05) is 0 Å². The summed E-state index contributed by atoms with van der Waals surface area (Å²) in [6.07, 6.45) is 22.1. The molecule has 0 aliphatic carbocycles. The second-order valence-electron chi connectivity index (χ2n) is 6.06. The molecule has 20 heavy (non-hydrogen) atoms. The third kappa shape index (κ3) is 15.3. The highest BCUT2D eigenvalue weighted by Gasteiger charge is 1.92. The summed E-state index contributed by atoms with van der Waals surface area (Å²) >= 11 is 0. The molecule has 0 bridgehead atoms. The number of hydrogen-bond acceptors (Lipinski definition) is 0. The molecule has 0 nitrogen and oxygen atoms in total. The topological polar surface area (TPSA) is 0 Å². The summed E-state index contributed by atoms with van der Waals surface area (Å²) in [5.41, 5.74) is 2.93. The minimum absolute atomic E-state index is 1.18. The maximum absolute atomic E-state index is 3.76. The van der Waals surface area contributed by atoms with Gasteiger partial charge in [0.2, 0.25) is 0 Å². The highest BCUT2D eigenvalue weighted by Crippen LogP contribution is 2.12. The third-order valence-corrected chi connectivity index (χ3v) is 3.52. The average molecular weight is 276 g/mol. The lowest BCUT2D eigenvalue weighted by Crippen LogP contribution is -1.82. The van der Waals surface area contributed by atoms with Crippen LogP contribution in [0.4, 0.5) is 0 Å². The fraction of sp³-hybridized carbons (Fsp3) is 0.650. The SMILES string of the molecule is C=CCCCCCCCC[CH]C=C(C)CCC=C(C)C. The van der Waals surface area contributed by atoms with Crippen LogP contribution < -0.4 is 0 Å². The highest BCUT2D eigenvalue weighted by atomic mass is 14.0. The Kier molecular flexibility index (Phi) is 14.1. The maximum Gasteiger partial charge on any atom is -0.0168 e. The molecule has 0 unspecified atom stereocenters. The van der Waals surface area contributed by atoms with Crippen LogP contribution in [0.5, 0.6) is 0 Å². The monoisotopic (exact) mass is 275 g/mol. The van der Waals surface area contributed by atoms with Crippen molar-refractivity contribution in [1.29, 1.82) is 0 Å².